The van der Waals surface area contributed by atoms with Gasteiger partial charge in [-0.1, -0.05) is 0 Å². The van der Waals surface area contributed by atoms with Crippen molar-refractivity contribution in [2.45, 2.75) is 19.1 Å². The van der Waals surface area contributed by atoms with Gasteiger partial charge in [0.05, 0.1) is 15.8 Å². The maximum absolute atomic E-state index is 12.7. The van der Waals surface area contributed by atoms with Crippen LogP contribution < -0.4 is 10.6 Å². The van der Waals surface area contributed by atoms with Crippen molar-refractivity contribution < 1.29 is 18.0 Å². The highest BCUT2D eigenvalue weighted by Crippen LogP contribution is 2.33. The van der Waals surface area contributed by atoms with Crippen LogP contribution in [0.2, 0.25) is 0 Å². The number of rotatable bonds is 6. The first-order chi connectivity index (χ1) is 10.1. The van der Waals surface area contributed by atoms with Crippen molar-refractivity contribution in [2.75, 3.05) is 27.2 Å². The van der Waals surface area contributed by atoms with Crippen molar-refractivity contribution >= 4 is 28.6 Å². The first kappa shape index (κ1) is 19.0. The lowest BCUT2D eigenvalue weighted by atomic mass is 10.3. The Bertz CT molecular complexity index is 516. The van der Waals surface area contributed by atoms with Crippen molar-refractivity contribution in [3.05, 3.63) is 15.0 Å². The summed E-state index contributed by atoms with van der Waals surface area (Å²) in [6.45, 7) is 1.33. The monoisotopic (exact) mass is 433 g/mol. The van der Waals surface area contributed by atoms with E-state index in [4.69, 9.17) is 0 Å². The Morgan fingerprint density at radius 3 is 2.50 bits per heavy atom. The zero-order valence-electron chi connectivity index (χ0n) is 12.6. The van der Waals surface area contributed by atoms with Crippen LogP contribution in [0.5, 0.6) is 0 Å². The number of nitrogens with zero attached hydrogens (tertiary/aromatic N) is 3. The Kier molecular flexibility index (Phi) is 6.91. The molecule has 0 fully saturated rings. The molecule has 126 valence electrons. The summed E-state index contributed by atoms with van der Waals surface area (Å²) in [5.74, 6) is 0. The van der Waals surface area contributed by atoms with Gasteiger partial charge in [0.1, 0.15) is 0 Å². The van der Waals surface area contributed by atoms with Crippen LogP contribution in [-0.2, 0) is 19.8 Å². The SMILES string of the molecule is CN(C)CCCNC(=O)NCc1c(I)c(C(F)(F)F)nn1C. The summed E-state index contributed by atoms with van der Waals surface area (Å²) in [4.78, 5) is 13.6. The van der Waals surface area contributed by atoms with E-state index in [2.05, 4.69) is 15.7 Å². The fraction of sp³-hybridized carbons (Fsp3) is 0.667. The van der Waals surface area contributed by atoms with Crippen LogP contribution in [0.1, 0.15) is 17.8 Å². The number of halogens is 4. The van der Waals surface area contributed by atoms with Crippen LogP contribution in [0.3, 0.4) is 0 Å². The number of hydrogen-bond acceptors (Lipinski definition) is 3. The van der Waals surface area contributed by atoms with E-state index in [1.807, 2.05) is 19.0 Å². The molecule has 1 aromatic heterocycles. The lowest BCUT2D eigenvalue weighted by Crippen LogP contribution is -2.36. The normalized spacial score (nSPS) is 11.8. The number of nitrogens with one attached hydrogen (secondary N) is 2. The van der Waals surface area contributed by atoms with Gasteiger partial charge in [0.15, 0.2) is 5.69 Å². The zero-order valence-corrected chi connectivity index (χ0v) is 14.7. The fourth-order valence-electron chi connectivity index (χ4n) is 1.73. The van der Waals surface area contributed by atoms with Crippen LogP contribution in [0.4, 0.5) is 18.0 Å². The van der Waals surface area contributed by atoms with E-state index in [0.717, 1.165) is 17.6 Å². The van der Waals surface area contributed by atoms with Gasteiger partial charge in [0.2, 0.25) is 0 Å². The van der Waals surface area contributed by atoms with Crippen molar-refractivity contribution in [1.29, 1.82) is 0 Å². The summed E-state index contributed by atoms with van der Waals surface area (Å²) < 4.78 is 39.3. The number of hydrogen-bond donors (Lipinski definition) is 2. The smallest absolute Gasteiger partial charge is 0.338 e. The first-order valence-corrected chi connectivity index (χ1v) is 7.65. The third kappa shape index (κ3) is 5.63. The molecule has 0 aromatic carbocycles. The molecular weight excluding hydrogens is 414 g/mol. The van der Waals surface area contributed by atoms with Gasteiger partial charge >= 0.3 is 12.2 Å². The quantitative estimate of drug-likeness (QED) is 0.532. The standard InChI is InChI=1S/C12H19F3IN5O/c1-20(2)6-4-5-17-11(22)18-7-8-9(16)10(12(13,14)15)19-21(8)3/h4-7H2,1-3H3,(H2,17,18,22). The number of amides is 2. The van der Waals surface area contributed by atoms with E-state index >= 15 is 0 Å². The highest BCUT2D eigenvalue weighted by atomic mass is 127. The molecule has 1 rings (SSSR count). The molecule has 0 atom stereocenters. The number of alkyl halides is 3. The predicted molar refractivity (Wildman–Crippen MR) is 84.3 cm³/mol. The maximum Gasteiger partial charge on any atom is 0.436 e. The van der Waals surface area contributed by atoms with Crippen molar-refractivity contribution in [3.63, 3.8) is 0 Å². The second-order valence-corrected chi connectivity index (χ2v) is 6.08. The molecule has 1 aromatic rings. The number of urea groups is 1. The number of aryl methyl sites for hydroxylation is 1. The Morgan fingerprint density at radius 1 is 1.36 bits per heavy atom. The molecule has 0 aliphatic carbocycles. The largest absolute Gasteiger partial charge is 0.436 e. The topological polar surface area (TPSA) is 62.2 Å². The number of carbonyl (C=O) groups excluding carboxylic acids is 1. The van der Waals surface area contributed by atoms with Crippen LogP contribution in [0.25, 0.3) is 0 Å². The Morgan fingerprint density at radius 2 is 2.00 bits per heavy atom. The average molecular weight is 433 g/mol. The number of aromatic nitrogens is 2. The van der Waals surface area contributed by atoms with Gasteiger partial charge in [-0.2, -0.15) is 18.3 Å². The van der Waals surface area contributed by atoms with Gasteiger partial charge in [-0.05, 0) is 49.7 Å². The molecule has 2 N–H and O–H groups in total. The summed E-state index contributed by atoms with van der Waals surface area (Å²) in [7, 11) is 5.29. The summed E-state index contributed by atoms with van der Waals surface area (Å²) >= 11 is 1.60. The fourth-order valence-corrected chi connectivity index (χ4v) is 2.68. The van der Waals surface area contributed by atoms with Gasteiger partial charge in [0, 0.05) is 13.6 Å². The molecule has 1 heterocycles. The third-order valence-electron chi connectivity index (χ3n) is 2.85. The minimum atomic E-state index is -4.50. The van der Waals surface area contributed by atoms with Gasteiger partial charge in [0.25, 0.3) is 0 Å². The van der Waals surface area contributed by atoms with Crippen molar-refractivity contribution in [2.24, 2.45) is 7.05 Å². The van der Waals surface area contributed by atoms with Gasteiger partial charge in [-0.25, -0.2) is 4.79 Å². The molecule has 0 saturated carbocycles. The zero-order chi connectivity index (χ0) is 16.9. The van der Waals surface area contributed by atoms with E-state index in [1.165, 1.54) is 7.05 Å². The van der Waals surface area contributed by atoms with E-state index in [9.17, 15) is 18.0 Å². The van der Waals surface area contributed by atoms with Crippen molar-refractivity contribution in [3.8, 4) is 0 Å². The van der Waals surface area contributed by atoms with Crippen LogP contribution in [0.15, 0.2) is 0 Å². The second kappa shape index (κ2) is 7.99. The molecule has 6 nitrogen and oxygen atoms in total. The molecule has 10 heteroatoms. The van der Waals surface area contributed by atoms with Crippen LogP contribution in [-0.4, -0.2) is 47.9 Å². The molecule has 2 amide bonds. The molecule has 0 aliphatic rings. The van der Waals surface area contributed by atoms with Gasteiger partial charge in [-0.15, -0.1) is 0 Å². The highest BCUT2D eigenvalue weighted by molar-refractivity contribution is 14.1. The third-order valence-corrected chi connectivity index (χ3v) is 3.99. The molecule has 0 aliphatic heterocycles. The number of carbonyl (C=O) groups is 1. The van der Waals surface area contributed by atoms with E-state index in [0.29, 0.717) is 12.2 Å². The molecular formula is C12H19F3IN5O. The minimum Gasteiger partial charge on any atom is -0.338 e. The Balaban J connectivity index is 2.51. The molecule has 0 unspecified atom stereocenters. The van der Waals surface area contributed by atoms with Crippen LogP contribution in [0, 0.1) is 3.57 Å². The first-order valence-electron chi connectivity index (χ1n) is 6.58. The predicted octanol–water partition coefficient (Wildman–Crippen LogP) is 1.79. The van der Waals surface area contributed by atoms with E-state index < -0.39 is 17.9 Å². The Hall–Kier alpha value is -1.04. The molecule has 0 radical (unpaired) electrons. The van der Waals surface area contributed by atoms with Gasteiger partial charge in [-0.3, -0.25) is 4.68 Å². The maximum atomic E-state index is 12.7. The summed E-state index contributed by atoms with van der Waals surface area (Å²) in [6, 6.07) is -0.413. The average Bonchev–Trinajstić information content (AvgIpc) is 2.67. The van der Waals surface area contributed by atoms with Gasteiger partial charge < -0.3 is 15.5 Å². The molecule has 0 spiro atoms. The van der Waals surface area contributed by atoms with E-state index in [1.54, 1.807) is 22.6 Å². The second-order valence-electron chi connectivity index (χ2n) is 5.00. The lowest BCUT2D eigenvalue weighted by molar-refractivity contribution is -0.142. The van der Waals surface area contributed by atoms with Crippen LogP contribution >= 0.6 is 22.6 Å². The highest BCUT2D eigenvalue weighted by Gasteiger charge is 2.38. The molecule has 0 bridgehead atoms. The lowest BCUT2D eigenvalue weighted by Gasteiger charge is -2.11. The molecule has 0 saturated heterocycles. The van der Waals surface area contributed by atoms with Crippen molar-refractivity contribution in [1.82, 2.24) is 25.3 Å². The minimum absolute atomic E-state index is 0.000470. The Labute approximate surface area is 140 Å². The summed E-state index contributed by atoms with van der Waals surface area (Å²) in [5.41, 5.74) is -0.616. The summed E-state index contributed by atoms with van der Waals surface area (Å²) in [6.07, 6.45) is -3.71. The molecule has 22 heavy (non-hydrogen) atoms. The van der Waals surface area contributed by atoms with E-state index in [-0.39, 0.29) is 10.1 Å². The summed E-state index contributed by atoms with van der Waals surface area (Å²) in [5, 5.41) is 8.65.